The van der Waals surface area contributed by atoms with E-state index in [1.807, 2.05) is 0 Å². The van der Waals surface area contributed by atoms with Crippen molar-refractivity contribution in [2.75, 3.05) is 20.1 Å². The summed E-state index contributed by atoms with van der Waals surface area (Å²) in [5.74, 6) is 0. The van der Waals surface area contributed by atoms with Crippen LogP contribution in [0.25, 0.3) is 0 Å². The maximum absolute atomic E-state index is 5.73. The Balaban J connectivity index is 2.34. The van der Waals surface area contributed by atoms with Crippen LogP contribution in [0.2, 0.25) is 0 Å². The maximum Gasteiger partial charge on any atom is 0.0478 e. The van der Waals surface area contributed by atoms with E-state index in [0.29, 0.717) is 6.04 Å². The van der Waals surface area contributed by atoms with Gasteiger partial charge in [0, 0.05) is 19.1 Å². The molecule has 1 unspecified atom stereocenters. The molecule has 3 heteroatoms. The van der Waals surface area contributed by atoms with E-state index in [1.54, 1.807) is 11.3 Å². The number of rotatable bonds is 1. The molecule has 1 aromatic rings. The lowest BCUT2D eigenvalue weighted by Gasteiger charge is -2.31. The lowest BCUT2D eigenvalue weighted by Crippen LogP contribution is -2.35. The van der Waals surface area contributed by atoms with Gasteiger partial charge in [-0.3, -0.25) is 4.90 Å². The molecule has 0 bridgehead atoms. The van der Waals surface area contributed by atoms with Crippen molar-refractivity contribution in [1.82, 2.24) is 4.90 Å². The Bertz CT molecular complexity index is 269. The van der Waals surface area contributed by atoms with Gasteiger partial charge in [0.05, 0.1) is 0 Å². The second kappa shape index (κ2) is 3.17. The van der Waals surface area contributed by atoms with Crippen LogP contribution < -0.4 is 5.73 Å². The van der Waals surface area contributed by atoms with Gasteiger partial charge in [-0.1, -0.05) is 0 Å². The smallest absolute Gasteiger partial charge is 0.0478 e. The van der Waals surface area contributed by atoms with E-state index in [2.05, 4.69) is 22.7 Å². The molecule has 1 atom stereocenters. The average Bonchev–Trinajstić information content (AvgIpc) is 2.52. The van der Waals surface area contributed by atoms with E-state index >= 15 is 0 Å². The molecule has 1 aliphatic heterocycles. The fraction of sp³-hybridized carbons (Fsp3) is 0.556. The Hall–Kier alpha value is -0.380. The Kier molecular flexibility index (Phi) is 2.17. The number of nitrogens with two attached hydrogens (primary N) is 1. The van der Waals surface area contributed by atoms with E-state index in [1.165, 1.54) is 17.5 Å². The Morgan fingerprint density at radius 3 is 3.25 bits per heavy atom. The van der Waals surface area contributed by atoms with E-state index < -0.39 is 0 Å². The third kappa shape index (κ3) is 1.18. The van der Waals surface area contributed by atoms with Gasteiger partial charge in [-0.25, -0.2) is 0 Å². The van der Waals surface area contributed by atoms with Crippen LogP contribution in [0.15, 0.2) is 10.8 Å². The molecule has 0 aromatic carbocycles. The molecule has 66 valence electrons. The van der Waals surface area contributed by atoms with Crippen LogP contribution in [0.5, 0.6) is 0 Å². The minimum Gasteiger partial charge on any atom is -0.329 e. The van der Waals surface area contributed by atoms with Crippen molar-refractivity contribution in [3.63, 3.8) is 0 Å². The van der Waals surface area contributed by atoms with Gasteiger partial charge in [0.15, 0.2) is 0 Å². The van der Waals surface area contributed by atoms with Crippen LogP contribution in [-0.2, 0) is 6.42 Å². The van der Waals surface area contributed by atoms with Crippen molar-refractivity contribution in [1.29, 1.82) is 0 Å². The van der Waals surface area contributed by atoms with Gasteiger partial charge >= 0.3 is 0 Å². The molecule has 0 aliphatic carbocycles. The highest BCUT2D eigenvalue weighted by Gasteiger charge is 2.23. The van der Waals surface area contributed by atoms with E-state index in [9.17, 15) is 0 Å². The monoisotopic (exact) mass is 182 g/mol. The highest BCUT2D eigenvalue weighted by Crippen LogP contribution is 2.30. The van der Waals surface area contributed by atoms with Crippen LogP contribution in [0, 0.1) is 0 Å². The summed E-state index contributed by atoms with van der Waals surface area (Å²) in [5.41, 5.74) is 8.69. The normalized spacial score (nSPS) is 24.0. The Morgan fingerprint density at radius 1 is 1.67 bits per heavy atom. The zero-order valence-corrected chi connectivity index (χ0v) is 8.10. The van der Waals surface area contributed by atoms with Crippen LogP contribution in [-0.4, -0.2) is 25.0 Å². The lowest BCUT2D eigenvalue weighted by molar-refractivity contribution is 0.237. The predicted octanol–water partition coefficient (Wildman–Crippen LogP) is 1.24. The molecule has 2 nitrogen and oxygen atoms in total. The van der Waals surface area contributed by atoms with E-state index in [-0.39, 0.29) is 0 Å². The summed E-state index contributed by atoms with van der Waals surface area (Å²) < 4.78 is 0. The fourth-order valence-electron chi connectivity index (χ4n) is 1.83. The molecule has 0 fully saturated rings. The summed E-state index contributed by atoms with van der Waals surface area (Å²) in [6.07, 6.45) is 1.19. The van der Waals surface area contributed by atoms with Gasteiger partial charge in [0.2, 0.25) is 0 Å². The third-order valence-corrected chi connectivity index (χ3v) is 3.43. The van der Waals surface area contributed by atoms with Gasteiger partial charge in [0.1, 0.15) is 0 Å². The van der Waals surface area contributed by atoms with Crippen molar-refractivity contribution in [2.24, 2.45) is 5.73 Å². The Morgan fingerprint density at radius 2 is 2.50 bits per heavy atom. The quantitative estimate of drug-likeness (QED) is 0.708. The molecule has 2 heterocycles. The van der Waals surface area contributed by atoms with Gasteiger partial charge in [-0.05, 0) is 35.4 Å². The molecule has 0 saturated carbocycles. The molecule has 2 rings (SSSR count). The maximum atomic E-state index is 5.73. The highest BCUT2D eigenvalue weighted by atomic mass is 32.1. The van der Waals surface area contributed by atoms with Crippen molar-refractivity contribution in [3.8, 4) is 0 Å². The van der Waals surface area contributed by atoms with Gasteiger partial charge < -0.3 is 5.73 Å². The highest BCUT2D eigenvalue weighted by molar-refractivity contribution is 7.08. The van der Waals surface area contributed by atoms with Crippen molar-refractivity contribution in [3.05, 3.63) is 21.9 Å². The molecular formula is C9H14N2S. The van der Waals surface area contributed by atoms with Crippen LogP contribution in [0.4, 0.5) is 0 Å². The molecule has 0 saturated heterocycles. The second-order valence-electron chi connectivity index (χ2n) is 3.33. The number of thiophene rings is 1. The van der Waals surface area contributed by atoms with Crippen molar-refractivity contribution in [2.45, 2.75) is 12.5 Å². The van der Waals surface area contributed by atoms with Crippen LogP contribution in [0.1, 0.15) is 17.2 Å². The number of hydrogen-bond donors (Lipinski definition) is 1. The minimum absolute atomic E-state index is 0.458. The van der Waals surface area contributed by atoms with E-state index in [4.69, 9.17) is 5.73 Å². The lowest BCUT2D eigenvalue weighted by atomic mass is 9.98. The predicted molar refractivity (Wildman–Crippen MR) is 52.4 cm³/mol. The summed E-state index contributed by atoms with van der Waals surface area (Å²) in [5, 5.41) is 4.49. The average molecular weight is 182 g/mol. The number of hydrogen-bond acceptors (Lipinski definition) is 3. The van der Waals surface area contributed by atoms with Gasteiger partial charge in [0.25, 0.3) is 0 Å². The first-order valence-corrected chi connectivity index (χ1v) is 5.22. The standard InChI is InChI=1S/C9H14N2S/c1-11-3-2-7-5-12-6-8(7)9(11)4-10/h5-6,9H,2-4,10H2,1H3. The zero-order valence-electron chi connectivity index (χ0n) is 7.29. The van der Waals surface area contributed by atoms with Crippen molar-refractivity contribution < 1.29 is 0 Å². The molecule has 1 aliphatic rings. The SMILES string of the molecule is CN1CCc2cscc2C1CN. The number of fused-ring (bicyclic) bond motifs is 1. The van der Waals surface area contributed by atoms with Crippen molar-refractivity contribution >= 4 is 11.3 Å². The molecule has 0 radical (unpaired) electrons. The first-order chi connectivity index (χ1) is 5.83. The topological polar surface area (TPSA) is 29.3 Å². The second-order valence-corrected chi connectivity index (χ2v) is 4.08. The summed E-state index contributed by atoms with van der Waals surface area (Å²) in [7, 11) is 2.15. The minimum atomic E-state index is 0.458. The van der Waals surface area contributed by atoms with Gasteiger partial charge in [-0.2, -0.15) is 11.3 Å². The third-order valence-electron chi connectivity index (χ3n) is 2.62. The molecule has 12 heavy (non-hydrogen) atoms. The molecule has 1 aromatic heterocycles. The molecule has 2 N–H and O–H groups in total. The summed E-state index contributed by atoms with van der Waals surface area (Å²) in [6.45, 7) is 1.88. The molecular weight excluding hydrogens is 168 g/mol. The molecule has 0 amide bonds. The zero-order chi connectivity index (χ0) is 8.55. The van der Waals surface area contributed by atoms with E-state index in [0.717, 1.165) is 13.1 Å². The summed E-state index contributed by atoms with van der Waals surface area (Å²) >= 11 is 1.79. The van der Waals surface area contributed by atoms with Crippen LogP contribution >= 0.6 is 11.3 Å². The Labute approximate surface area is 77.0 Å². The summed E-state index contributed by atoms with van der Waals surface area (Å²) in [4.78, 5) is 2.34. The fourth-order valence-corrected chi connectivity index (χ4v) is 2.77. The molecule has 0 spiro atoms. The largest absolute Gasteiger partial charge is 0.329 e. The van der Waals surface area contributed by atoms with Gasteiger partial charge in [-0.15, -0.1) is 0 Å². The first kappa shape index (κ1) is 8.23. The van der Waals surface area contributed by atoms with Crippen LogP contribution in [0.3, 0.4) is 0 Å². The summed E-state index contributed by atoms with van der Waals surface area (Å²) in [6, 6.07) is 0.458. The number of likely N-dealkylation sites (N-methyl/N-ethyl adjacent to an activating group) is 1. The number of nitrogens with zero attached hydrogens (tertiary/aromatic N) is 1. The first-order valence-electron chi connectivity index (χ1n) is 4.28.